The van der Waals surface area contributed by atoms with E-state index in [4.69, 9.17) is 5.11 Å². The first-order chi connectivity index (χ1) is 9.40. The van der Waals surface area contributed by atoms with Gasteiger partial charge in [0.1, 0.15) is 12.4 Å². The number of rotatable bonds is 7. The van der Waals surface area contributed by atoms with E-state index in [1.54, 1.807) is 26.0 Å². The van der Waals surface area contributed by atoms with Crippen molar-refractivity contribution in [2.45, 2.75) is 31.2 Å². The summed E-state index contributed by atoms with van der Waals surface area (Å²) in [5.41, 5.74) is 0. The molecule has 0 radical (unpaired) electrons. The fraction of sp³-hybridized carbons (Fsp3) is 0.429. The van der Waals surface area contributed by atoms with Crippen LogP contribution in [-0.2, 0) is 9.59 Å². The number of benzene rings is 1. The number of aliphatic carboxylic acids is 1. The molecule has 6 heteroatoms. The first-order valence-corrected chi connectivity index (χ1v) is 7.28. The Morgan fingerprint density at radius 2 is 1.90 bits per heavy atom. The number of carbonyl (C=O) groups excluding carboxylic acids is 1. The lowest BCUT2D eigenvalue weighted by atomic mass is 10.3. The molecule has 0 unspecified atom stereocenters. The summed E-state index contributed by atoms with van der Waals surface area (Å²) in [4.78, 5) is 24.9. The Morgan fingerprint density at radius 3 is 2.40 bits per heavy atom. The average Bonchev–Trinajstić information content (AvgIpc) is 2.37. The molecule has 0 saturated heterocycles. The van der Waals surface area contributed by atoms with Crippen LogP contribution >= 0.6 is 11.8 Å². The third-order valence-electron chi connectivity index (χ3n) is 2.65. The highest BCUT2D eigenvalue weighted by Gasteiger charge is 2.19. The number of amides is 1. The van der Waals surface area contributed by atoms with E-state index < -0.39 is 5.97 Å². The van der Waals surface area contributed by atoms with Crippen LogP contribution in [0, 0.1) is 5.82 Å². The number of carbonyl (C=O) groups is 2. The monoisotopic (exact) mass is 299 g/mol. The van der Waals surface area contributed by atoms with Crippen LogP contribution in [0.3, 0.4) is 0 Å². The molecule has 1 rings (SSSR count). The second-order valence-corrected chi connectivity index (χ2v) is 5.73. The van der Waals surface area contributed by atoms with Crippen LogP contribution in [0.15, 0.2) is 29.2 Å². The molecule has 0 heterocycles. The van der Waals surface area contributed by atoms with Crippen molar-refractivity contribution in [3.05, 3.63) is 30.1 Å². The van der Waals surface area contributed by atoms with Crippen LogP contribution in [0.5, 0.6) is 0 Å². The number of carboxylic acid groups (broad SMARTS) is 1. The Bertz CT molecular complexity index is 462. The van der Waals surface area contributed by atoms with Gasteiger partial charge in [-0.15, -0.1) is 11.8 Å². The second kappa shape index (κ2) is 7.89. The van der Waals surface area contributed by atoms with Crippen LogP contribution in [-0.4, -0.2) is 40.2 Å². The number of nitrogens with zero attached hydrogens (tertiary/aromatic N) is 1. The molecule has 0 bridgehead atoms. The van der Waals surface area contributed by atoms with Crippen LogP contribution in [0.25, 0.3) is 0 Å². The highest BCUT2D eigenvalue weighted by molar-refractivity contribution is 7.99. The molecule has 0 atom stereocenters. The maximum absolute atomic E-state index is 12.7. The maximum Gasteiger partial charge on any atom is 0.323 e. The van der Waals surface area contributed by atoms with E-state index in [9.17, 15) is 14.0 Å². The van der Waals surface area contributed by atoms with Gasteiger partial charge in [-0.25, -0.2) is 4.39 Å². The molecule has 1 aromatic carbocycles. The molecule has 0 spiro atoms. The van der Waals surface area contributed by atoms with Gasteiger partial charge in [-0.3, -0.25) is 9.59 Å². The minimum atomic E-state index is -1.02. The summed E-state index contributed by atoms with van der Waals surface area (Å²) in [6.07, 6.45) is 0.257. The zero-order chi connectivity index (χ0) is 15.1. The summed E-state index contributed by atoms with van der Waals surface area (Å²) in [6, 6.07) is 5.91. The minimum Gasteiger partial charge on any atom is -0.480 e. The van der Waals surface area contributed by atoms with E-state index in [0.717, 1.165) is 4.90 Å². The van der Waals surface area contributed by atoms with Gasteiger partial charge in [0.05, 0.1) is 0 Å². The quantitative estimate of drug-likeness (QED) is 0.786. The third-order valence-corrected chi connectivity index (χ3v) is 3.66. The van der Waals surface area contributed by atoms with Gasteiger partial charge in [-0.2, -0.15) is 0 Å². The molecule has 0 aliphatic heterocycles. The largest absolute Gasteiger partial charge is 0.480 e. The summed E-state index contributed by atoms with van der Waals surface area (Å²) in [5.74, 6) is -0.957. The van der Waals surface area contributed by atoms with E-state index in [1.807, 2.05) is 0 Å². The highest BCUT2D eigenvalue weighted by Crippen LogP contribution is 2.19. The fourth-order valence-electron chi connectivity index (χ4n) is 1.64. The van der Waals surface area contributed by atoms with Crippen LogP contribution in [0.2, 0.25) is 0 Å². The molecule has 0 aliphatic rings. The molecule has 0 fully saturated rings. The van der Waals surface area contributed by atoms with Crippen molar-refractivity contribution in [2.75, 3.05) is 12.3 Å². The lowest BCUT2D eigenvalue weighted by Crippen LogP contribution is -2.40. The predicted octanol–water partition coefficient (Wildman–Crippen LogP) is 2.63. The lowest BCUT2D eigenvalue weighted by Gasteiger charge is -2.24. The molecule has 20 heavy (non-hydrogen) atoms. The van der Waals surface area contributed by atoms with Crippen molar-refractivity contribution >= 4 is 23.6 Å². The van der Waals surface area contributed by atoms with Gasteiger partial charge < -0.3 is 10.0 Å². The lowest BCUT2D eigenvalue weighted by molar-refractivity contribution is -0.145. The molecule has 0 saturated carbocycles. The molecule has 1 N–H and O–H groups in total. The summed E-state index contributed by atoms with van der Waals surface area (Å²) < 4.78 is 12.7. The zero-order valence-electron chi connectivity index (χ0n) is 11.5. The molecule has 1 aromatic rings. The summed E-state index contributed by atoms with van der Waals surface area (Å²) in [5, 5.41) is 8.78. The Labute approximate surface area is 122 Å². The van der Waals surface area contributed by atoms with Gasteiger partial charge in [-0.05, 0) is 38.1 Å². The molecular weight excluding hydrogens is 281 g/mol. The van der Waals surface area contributed by atoms with E-state index in [2.05, 4.69) is 0 Å². The second-order valence-electron chi connectivity index (χ2n) is 4.56. The Kier molecular flexibility index (Phi) is 6.51. The SMILES string of the molecule is CC(C)N(CC(=O)O)C(=O)CCSc1ccc(F)cc1. The standard InChI is InChI=1S/C14H18FNO3S/c1-10(2)16(9-14(18)19)13(17)7-8-20-12-5-3-11(15)4-6-12/h3-6,10H,7-9H2,1-2H3,(H,18,19). The number of halogens is 1. The number of thioether (sulfide) groups is 1. The number of hydrogen-bond donors (Lipinski definition) is 1. The summed E-state index contributed by atoms with van der Waals surface area (Å²) in [7, 11) is 0. The topological polar surface area (TPSA) is 57.6 Å². The van der Waals surface area contributed by atoms with Gasteiger partial charge in [-0.1, -0.05) is 0 Å². The molecule has 110 valence electrons. The molecule has 0 aliphatic carbocycles. The van der Waals surface area contributed by atoms with E-state index in [1.165, 1.54) is 28.8 Å². The summed E-state index contributed by atoms with van der Waals surface area (Å²) >= 11 is 1.44. The van der Waals surface area contributed by atoms with Crippen molar-refractivity contribution in [1.29, 1.82) is 0 Å². The normalized spacial score (nSPS) is 10.6. The van der Waals surface area contributed by atoms with Gasteiger partial charge in [0.25, 0.3) is 0 Å². The third kappa shape index (κ3) is 5.61. The molecular formula is C14H18FNO3S. The Balaban J connectivity index is 2.44. The van der Waals surface area contributed by atoms with E-state index in [-0.39, 0.29) is 30.7 Å². The Hall–Kier alpha value is -1.56. The van der Waals surface area contributed by atoms with Gasteiger partial charge in [0.15, 0.2) is 0 Å². The van der Waals surface area contributed by atoms with Gasteiger partial charge in [0, 0.05) is 23.1 Å². The first-order valence-electron chi connectivity index (χ1n) is 6.29. The van der Waals surface area contributed by atoms with E-state index >= 15 is 0 Å². The van der Waals surface area contributed by atoms with E-state index in [0.29, 0.717) is 5.75 Å². The average molecular weight is 299 g/mol. The Morgan fingerprint density at radius 1 is 1.30 bits per heavy atom. The van der Waals surface area contributed by atoms with Crippen molar-refractivity contribution in [3.8, 4) is 0 Å². The van der Waals surface area contributed by atoms with Gasteiger partial charge in [0.2, 0.25) is 5.91 Å². The maximum atomic E-state index is 12.7. The first kappa shape index (κ1) is 16.5. The van der Waals surface area contributed by atoms with Crippen molar-refractivity contribution in [1.82, 2.24) is 4.90 Å². The molecule has 0 aromatic heterocycles. The summed E-state index contributed by atoms with van der Waals surface area (Å²) in [6.45, 7) is 3.29. The van der Waals surface area contributed by atoms with Crippen molar-refractivity contribution in [3.63, 3.8) is 0 Å². The van der Waals surface area contributed by atoms with Crippen LogP contribution < -0.4 is 0 Å². The van der Waals surface area contributed by atoms with Crippen LogP contribution in [0.4, 0.5) is 4.39 Å². The van der Waals surface area contributed by atoms with Crippen LogP contribution in [0.1, 0.15) is 20.3 Å². The minimum absolute atomic E-state index is 0.144. The fourth-order valence-corrected chi connectivity index (χ4v) is 2.48. The number of hydrogen-bond acceptors (Lipinski definition) is 3. The van der Waals surface area contributed by atoms with Crippen molar-refractivity contribution in [2.24, 2.45) is 0 Å². The highest BCUT2D eigenvalue weighted by atomic mass is 32.2. The zero-order valence-corrected chi connectivity index (χ0v) is 12.3. The molecule has 4 nitrogen and oxygen atoms in total. The van der Waals surface area contributed by atoms with Crippen molar-refractivity contribution < 1.29 is 19.1 Å². The van der Waals surface area contributed by atoms with Gasteiger partial charge >= 0.3 is 5.97 Å². The smallest absolute Gasteiger partial charge is 0.323 e. The molecule has 1 amide bonds. The predicted molar refractivity (Wildman–Crippen MR) is 76.2 cm³/mol. The number of carboxylic acids is 1.